The number of nitrogens with zero attached hydrogens (tertiary/aromatic N) is 2. The molecule has 6 heteroatoms. The van der Waals surface area contributed by atoms with Crippen molar-refractivity contribution < 1.29 is 9.59 Å². The van der Waals surface area contributed by atoms with Gasteiger partial charge in [-0.25, -0.2) is 0 Å². The van der Waals surface area contributed by atoms with Crippen molar-refractivity contribution in [3.63, 3.8) is 0 Å². The highest BCUT2D eigenvalue weighted by Gasteiger charge is 2.08. The first kappa shape index (κ1) is 15.1. The summed E-state index contributed by atoms with van der Waals surface area (Å²) in [5, 5.41) is 5.38. The monoisotopic (exact) mass is 264 g/mol. The molecule has 2 amide bonds. The van der Waals surface area contributed by atoms with Crippen LogP contribution in [0.1, 0.15) is 12.0 Å². The van der Waals surface area contributed by atoms with Gasteiger partial charge in [0.25, 0.3) is 0 Å². The van der Waals surface area contributed by atoms with E-state index in [1.165, 1.54) is 0 Å². The number of hydrogen-bond donors (Lipinski definition) is 2. The Labute approximate surface area is 113 Å². The lowest BCUT2D eigenvalue weighted by atomic mass is 10.2. The van der Waals surface area contributed by atoms with E-state index >= 15 is 0 Å². The summed E-state index contributed by atoms with van der Waals surface area (Å²) >= 11 is 0. The number of nitrogens with one attached hydrogen (secondary N) is 2. The fourth-order valence-electron chi connectivity index (χ4n) is 1.39. The number of amides is 2. The topological polar surface area (TPSA) is 74.3 Å². The minimum absolute atomic E-state index is 0.140. The Balaban J connectivity index is 2.18. The summed E-state index contributed by atoms with van der Waals surface area (Å²) in [6.45, 7) is 1.71. The van der Waals surface area contributed by atoms with Gasteiger partial charge in [-0.1, -0.05) is 0 Å². The number of pyridine rings is 1. The second-order valence-corrected chi connectivity index (χ2v) is 4.46. The van der Waals surface area contributed by atoms with Gasteiger partial charge >= 0.3 is 0 Å². The zero-order valence-corrected chi connectivity index (χ0v) is 11.3. The van der Waals surface area contributed by atoms with Crippen LogP contribution in [0.15, 0.2) is 24.5 Å². The lowest BCUT2D eigenvalue weighted by Gasteiger charge is -2.10. The first-order valence-electron chi connectivity index (χ1n) is 6.15. The van der Waals surface area contributed by atoms with Gasteiger partial charge in [0.2, 0.25) is 11.8 Å². The molecule has 0 fully saturated rings. The SMILES string of the molecule is CN(C)CCNC(=O)CC(=O)NCc1ccncc1. The molecule has 2 N–H and O–H groups in total. The number of rotatable bonds is 7. The maximum absolute atomic E-state index is 11.5. The van der Waals surface area contributed by atoms with Gasteiger partial charge in [-0.15, -0.1) is 0 Å². The Morgan fingerprint density at radius 1 is 1.16 bits per heavy atom. The molecule has 1 heterocycles. The van der Waals surface area contributed by atoms with Crippen LogP contribution in [-0.2, 0) is 16.1 Å². The van der Waals surface area contributed by atoms with E-state index in [1.54, 1.807) is 12.4 Å². The molecule has 0 saturated heterocycles. The zero-order valence-electron chi connectivity index (χ0n) is 11.3. The Kier molecular flexibility index (Phi) is 6.52. The molecule has 1 rings (SSSR count). The summed E-state index contributed by atoms with van der Waals surface area (Å²) in [5.41, 5.74) is 0.955. The van der Waals surface area contributed by atoms with E-state index in [1.807, 2.05) is 31.1 Å². The minimum Gasteiger partial charge on any atom is -0.354 e. The van der Waals surface area contributed by atoms with Crippen molar-refractivity contribution >= 4 is 11.8 Å². The normalized spacial score (nSPS) is 10.3. The smallest absolute Gasteiger partial charge is 0.229 e. The van der Waals surface area contributed by atoms with Gasteiger partial charge < -0.3 is 15.5 Å². The third kappa shape index (κ3) is 7.15. The molecule has 0 aromatic carbocycles. The Morgan fingerprint density at radius 3 is 2.42 bits per heavy atom. The van der Waals surface area contributed by atoms with E-state index in [-0.39, 0.29) is 18.2 Å². The van der Waals surface area contributed by atoms with Crippen LogP contribution in [0, 0.1) is 0 Å². The molecule has 0 atom stereocenters. The van der Waals surface area contributed by atoms with Crippen molar-refractivity contribution in [1.29, 1.82) is 0 Å². The van der Waals surface area contributed by atoms with E-state index in [2.05, 4.69) is 15.6 Å². The summed E-state index contributed by atoms with van der Waals surface area (Å²) in [5.74, 6) is -0.534. The molecule has 19 heavy (non-hydrogen) atoms. The van der Waals surface area contributed by atoms with Crippen LogP contribution in [0.25, 0.3) is 0 Å². The first-order valence-corrected chi connectivity index (χ1v) is 6.15. The van der Waals surface area contributed by atoms with Crippen molar-refractivity contribution in [2.75, 3.05) is 27.2 Å². The fourth-order valence-corrected chi connectivity index (χ4v) is 1.39. The molecule has 6 nitrogen and oxygen atoms in total. The standard InChI is InChI=1S/C13H20N4O2/c1-17(2)8-7-15-12(18)9-13(19)16-10-11-3-5-14-6-4-11/h3-6H,7-10H2,1-2H3,(H,15,18)(H,16,19). The highest BCUT2D eigenvalue weighted by molar-refractivity contribution is 5.96. The summed E-state index contributed by atoms with van der Waals surface area (Å²) in [4.78, 5) is 28.8. The lowest BCUT2D eigenvalue weighted by molar-refractivity contribution is -0.129. The second kappa shape index (κ2) is 8.20. The molecular formula is C13H20N4O2. The average molecular weight is 264 g/mol. The van der Waals surface area contributed by atoms with Gasteiger partial charge in [0, 0.05) is 32.0 Å². The van der Waals surface area contributed by atoms with E-state index in [9.17, 15) is 9.59 Å². The molecule has 0 unspecified atom stereocenters. The van der Waals surface area contributed by atoms with E-state index in [4.69, 9.17) is 0 Å². The van der Waals surface area contributed by atoms with Crippen molar-refractivity contribution in [3.05, 3.63) is 30.1 Å². The van der Waals surface area contributed by atoms with E-state index < -0.39 is 0 Å². The quantitative estimate of drug-likeness (QED) is 0.667. The molecule has 104 valence electrons. The van der Waals surface area contributed by atoms with Crippen LogP contribution < -0.4 is 10.6 Å². The number of carbonyl (C=O) groups excluding carboxylic acids is 2. The second-order valence-electron chi connectivity index (χ2n) is 4.46. The van der Waals surface area contributed by atoms with Gasteiger partial charge in [0.15, 0.2) is 0 Å². The third-order valence-corrected chi connectivity index (χ3v) is 2.44. The van der Waals surface area contributed by atoms with Gasteiger partial charge in [-0.3, -0.25) is 14.6 Å². The number of carbonyl (C=O) groups is 2. The predicted molar refractivity (Wildman–Crippen MR) is 72.3 cm³/mol. The lowest BCUT2D eigenvalue weighted by Crippen LogP contribution is -2.35. The van der Waals surface area contributed by atoms with Crippen molar-refractivity contribution in [3.8, 4) is 0 Å². The van der Waals surface area contributed by atoms with Crippen LogP contribution in [0.2, 0.25) is 0 Å². The fraction of sp³-hybridized carbons (Fsp3) is 0.462. The number of aromatic nitrogens is 1. The van der Waals surface area contributed by atoms with Crippen molar-refractivity contribution in [1.82, 2.24) is 20.5 Å². The largest absolute Gasteiger partial charge is 0.354 e. The van der Waals surface area contributed by atoms with Gasteiger partial charge in [0.05, 0.1) is 0 Å². The Hall–Kier alpha value is -1.95. The van der Waals surface area contributed by atoms with Gasteiger partial charge in [-0.2, -0.15) is 0 Å². The highest BCUT2D eigenvalue weighted by Crippen LogP contribution is 1.95. The highest BCUT2D eigenvalue weighted by atomic mass is 16.2. The average Bonchev–Trinajstić information content (AvgIpc) is 2.37. The summed E-state index contributed by atoms with van der Waals surface area (Å²) in [6.07, 6.45) is 3.18. The van der Waals surface area contributed by atoms with Crippen molar-refractivity contribution in [2.45, 2.75) is 13.0 Å². The van der Waals surface area contributed by atoms with Crippen LogP contribution in [0.3, 0.4) is 0 Å². The summed E-state index contributed by atoms with van der Waals surface area (Å²) in [6, 6.07) is 3.63. The zero-order chi connectivity index (χ0) is 14.1. The van der Waals surface area contributed by atoms with Crippen molar-refractivity contribution in [2.24, 2.45) is 0 Å². The molecule has 1 aromatic rings. The maximum Gasteiger partial charge on any atom is 0.229 e. The Morgan fingerprint density at radius 2 is 1.79 bits per heavy atom. The molecule has 0 spiro atoms. The third-order valence-electron chi connectivity index (χ3n) is 2.44. The predicted octanol–water partition coefficient (Wildman–Crippen LogP) is -0.234. The van der Waals surface area contributed by atoms with Crippen LogP contribution in [0.4, 0.5) is 0 Å². The first-order chi connectivity index (χ1) is 9.08. The summed E-state index contributed by atoms with van der Waals surface area (Å²) in [7, 11) is 3.85. The molecular weight excluding hydrogens is 244 g/mol. The van der Waals surface area contributed by atoms with E-state index in [0.717, 1.165) is 12.1 Å². The van der Waals surface area contributed by atoms with Crippen LogP contribution in [-0.4, -0.2) is 48.9 Å². The molecule has 0 radical (unpaired) electrons. The molecule has 1 aromatic heterocycles. The van der Waals surface area contributed by atoms with Gasteiger partial charge in [-0.05, 0) is 31.8 Å². The molecule has 0 aliphatic carbocycles. The molecule has 0 bridgehead atoms. The molecule has 0 aliphatic rings. The van der Waals surface area contributed by atoms with E-state index in [0.29, 0.717) is 13.1 Å². The van der Waals surface area contributed by atoms with Gasteiger partial charge in [0.1, 0.15) is 6.42 Å². The number of likely N-dealkylation sites (N-methyl/N-ethyl adjacent to an activating group) is 1. The maximum atomic E-state index is 11.5. The Bertz CT molecular complexity index is 406. The minimum atomic E-state index is -0.279. The molecule has 0 saturated carbocycles. The summed E-state index contributed by atoms with van der Waals surface area (Å²) < 4.78 is 0. The van der Waals surface area contributed by atoms with Crippen LogP contribution >= 0.6 is 0 Å². The molecule has 0 aliphatic heterocycles. The van der Waals surface area contributed by atoms with Crippen LogP contribution in [0.5, 0.6) is 0 Å². The number of hydrogen-bond acceptors (Lipinski definition) is 4.